The van der Waals surface area contributed by atoms with Gasteiger partial charge in [-0.1, -0.05) is 26.0 Å². The van der Waals surface area contributed by atoms with Crippen LogP contribution in [0.25, 0.3) is 0 Å². The minimum absolute atomic E-state index is 0.100. The molecule has 0 heterocycles. The number of nitrogens with zero attached hydrogens (tertiary/aromatic N) is 1. The minimum atomic E-state index is -0.191. The molecule has 0 saturated heterocycles. The fourth-order valence-corrected chi connectivity index (χ4v) is 2.07. The van der Waals surface area contributed by atoms with Gasteiger partial charge in [-0.15, -0.1) is 0 Å². The quantitative estimate of drug-likeness (QED) is 0.416. The zero-order chi connectivity index (χ0) is 12.3. The smallest absolute Gasteiger partial charge is 0.309 e. The lowest BCUT2D eigenvalue weighted by molar-refractivity contribution is -0.143. The summed E-state index contributed by atoms with van der Waals surface area (Å²) in [6, 6.07) is 2.11. The van der Waals surface area contributed by atoms with Crippen LogP contribution in [-0.4, -0.2) is 13.1 Å². The third-order valence-corrected chi connectivity index (χ3v) is 3.20. The molecule has 0 N–H and O–H groups in total. The molecular formula is C13H17NO2. The monoisotopic (exact) mass is 219 g/mol. The second-order valence-electron chi connectivity index (χ2n) is 4.58. The first-order valence-electron chi connectivity index (χ1n) is 5.31. The normalized spacial score (nSPS) is 27.6. The van der Waals surface area contributed by atoms with Crippen molar-refractivity contribution in [2.24, 2.45) is 17.3 Å². The zero-order valence-corrected chi connectivity index (χ0v) is 10.2. The van der Waals surface area contributed by atoms with Gasteiger partial charge < -0.3 is 4.74 Å². The van der Waals surface area contributed by atoms with Gasteiger partial charge in [-0.2, -0.15) is 5.26 Å². The van der Waals surface area contributed by atoms with Crippen molar-refractivity contribution in [3.63, 3.8) is 0 Å². The Hall–Kier alpha value is -1.56. The van der Waals surface area contributed by atoms with Crippen LogP contribution in [0, 0.1) is 28.6 Å². The van der Waals surface area contributed by atoms with Crippen LogP contribution in [0.5, 0.6) is 0 Å². The van der Waals surface area contributed by atoms with E-state index in [4.69, 9.17) is 10.00 Å². The molecule has 1 aliphatic rings. The average Bonchev–Trinajstić information content (AvgIpc) is 2.78. The predicted molar refractivity (Wildman–Crippen MR) is 61.3 cm³/mol. The summed E-state index contributed by atoms with van der Waals surface area (Å²) in [5, 5.41) is 8.90. The molecule has 1 rings (SSSR count). The molecule has 86 valence electrons. The van der Waals surface area contributed by atoms with Crippen molar-refractivity contribution in [1.29, 1.82) is 5.26 Å². The second kappa shape index (κ2) is 4.52. The molecule has 0 spiro atoms. The van der Waals surface area contributed by atoms with E-state index in [2.05, 4.69) is 6.07 Å². The lowest BCUT2D eigenvalue weighted by Crippen LogP contribution is -2.07. The Morgan fingerprint density at radius 3 is 2.56 bits per heavy atom. The average molecular weight is 219 g/mol. The van der Waals surface area contributed by atoms with E-state index in [1.807, 2.05) is 32.9 Å². The van der Waals surface area contributed by atoms with E-state index in [9.17, 15) is 4.79 Å². The summed E-state index contributed by atoms with van der Waals surface area (Å²) in [5.74, 6) is -0.207. The Morgan fingerprint density at radius 1 is 1.50 bits per heavy atom. The standard InChI is InChI=1S/C13H17NO2/c1-5-6-9(8-14)7-10-11(12(15)16-4)13(10,2)3/h5-7,10-11H,1-4H3/t10-,11+/m1/s1. The molecule has 0 bridgehead atoms. The summed E-state index contributed by atoms with van der Waals surface area (Å²) in [5.41, 5.74) is 0.503. The lowest BCUT2D eigenvalue weighted by Gasteiger charge is -1.99. The maximum Gasteiger partial charge on any atom is 0.309 e. The van der Waals surface area contributed by atoms with E-state index in [1.54, 1.807) is 6.08 Å². The molecule has 16 heavy (non-hydrogen) atoms. The molecular weight excluding hydrogens is 202 g/mol. The summed E-state index contributed by atoms with van der Waals surface area (Å²) in [7, 11) is 1.40. The summed E-state index contributed by atoms with van der Waals surface area (Å²) >= 11 is 0. The van der Waals surface area contributed by atoms with Gasteiger partial charge in [-0.05, 0) is 24.3 Å². The Labute approximate surface area is 96.4 Å². The largest absolute Gasteiger partial charge is 0.469 e. The molecule has 0 aliphatic heterocycles. The van der Waals surface area contributed by atoms with Gasteiger partial charge in [0.1, 0.15) is 0 Å². The highest BCUT2D eigenvalue weighted by molar-refractivity contribution is 5.78. The highest BCUT2D eigenvalue weighted by Crippen LogP contribution is 2.59. The first kappa shape index (κ1) is 12.5. The van der Waals surface area contributed by atoms with Crippen molar-refractivity contribution in [1.82, 2.24) is 0 Å². The van der Waals surface area contributed by atoms with Crippen molar-refractivity contribution in [2.45, 2.75) is 20.8 Å². The van der Waals surface area contributed by atoms with Crippen LogP contribution in [0.4, 0.5) is 0 Å². The van der Waals surface area contributed by atoms with E-state index >= 15 is 0 Å². The molecule has 3 heteroatoms. The minimum Gasteiger partial charge on any atom is -0.469 e. The molecule has 0 amide bonds. The number of allylic oxidation sites excluding steroid dienone is 4. The highest BCUT2D eigenvalue weighted by Gasteiger charge is 2.61. The SMILES string of the molecule is CC=CC(C#N)=C[C@@H]1[C@@H](C(=O)OC)C1(C)C. The summed E-state index contributed by atoms with van der Waals surface area (Å²) < 4.78 is 4.75. The number of esters is 1. The number of carbonyl (C=O) groups is 1. The van der Waals surface area contributed by atoms with Crippen LogP contribution >= 0.6 is 0 Å². The van der Waals surface area contributed by atoms with Gasteiger partial charge in [0.25, 0.3) is 0 Å². The predicted octanol–water partition coefficient (Wildman–Crippen LogP) is 2.46. The van der Waals surface area contributed by atoms with Crippen LogP contribution < -0.4 is 0 Å². The first-order valence-corrected chi connectivity index (χ1v) is 5.31. The molecule has 0 aromatic rings. The summed E-state index contributed by atoms with van der Waals surface area (Å²) in [4.78, 5) is 11.5. The van der Waals surface area contributed by atoms with E-state index < -0.39 is 0 Å². The first-order chi connectivity index (χ1) is 7.48. The van der Waals surface area contributed by atoms with Gasteiger partial charge in [0.05, 0.1) is 19.1 Å². The van der Waals surface area contributed by atoms with Crippen LogP contribution in [0.2, 0.25) is 0 Å². The van der Waals surface area contributed by atoms with Crippen LogP contribution in [0.1, 0.15) is 20.8 Å². The molecule has 1 fully saturated rings. The Balaban J connectivity index is 2.85. The number of carbonyl (C=O) groups excluding carboxylic acids is 1. The van der Waals surface area contributed by atoms with Crippen molar-refractivity contribution >= 4 is 5.97 Å². The number of nitriles is 1. The van der Waals surface area contributed by atoms with Crippen molar-refractivity contribution in [3.05, 3.63) is 23.8 Å². The Morgan fingerprint density at radius 2 is 2.12 bits per heavy atom. The molecule has 2 atom stereocenters. The van der Waals surface area contributed by atoms with Gasteiger partial charge in [-0.25, -0.2) is 0 Å². The number of rotatable bonds is 3. The molecule has 1 saturated carbocycles. The fraction of sp³-hybridized carbons (Fsp3) is 0.538. The number of methoxy groups -OCH3 is 1. The molecule has 0 aromatic heterocycles. The van der Waals surface area contributed by atoms with E-state index in [1.165, 1.54) is 7.11 Å². The molecule has 0 aromatic carbocycles. The molecule has 0 unspecified atom stereocenters. The van der Waals surface area contributed by atoms with Gasteiger partial charge in [0.15, 0.2) is 0 Å². The number of hydrogen-bond donors (Lipinski definition) is 0. The lowest BCUT2D eigenvalue weighted by atomic mass is 10.1. The molecule has 3 nitrogen and oxygen atoms in total. The van der Waals surface area contributed by atoms with Crippen LogP contribution in [0.15, 0.2) is 23.8 Å². The third kappa shape index (κ3) is 2.16. The van der Waals surface area contributed by atoms with Crippen molar-refractivity contribution in [2.75, 3.05) is 7.11 Å². The van der Waals surface area contributed by atoms with Crippen molar-refractivity contribution < 1.29 is 9.53 Å². The summed E-state index contributed by atoms with van der Waals surface area (Å²) in [6.45, 7) is 5.89. The van der Waals surface area contributed by atoms with E-state index in [0.717, 1.165) is 0 Å². The maximum atomic E-state index is 11.5. The van der Waals surface area contributed by atoms with Crippen molar-refractivity contribution in [3.8, 4) is 6.07 Å². The Bertz CT molecular complexity index is 385. The number of hydrogen-bond acceptors (Lipinski definition) is 3. The highest BCUT2D eigenvalue weighted by atomic mass is 16.5. The topological polar surface area (TPSA) is 50.1 Å². The van der Waals surface area contributed by atoms with Crippen LogP contribution in [0.3, 0.4) is 0 Å². The van der Waals surface area contributed by atoms with Crippen LogP contribution in [-0.2, 0) is 9.53 Å². The zero-order valence-electron chi connectivity index (χ0n) is 10.2. The fourth-order valence-electron chi connectivity index (χ4n) is 2.07. The van der Waals surface area contributed by atoms with E-state index in [0.29, 0.717) is 5.57 Å². The van der Waals surface area contributed by atoms with E-state index in [-0.39, 0.29) is 23.2 Å². The van der Waals surface area contributed by atoms with Gasteiger partial charge in [-0.3, -0.25) is 4.79 Å². The second-order valence-corrected chi connectivity index (χ2v) is 4.58. The van der Waals surface area contributed by atoms with Gasteiger partial charge >= 0.3 is 5.97 Å². The van der Waals surface area contributed by atoms with Gasteiger partial charge in [0.2, 0.25) is 0 Å². The maximum absolute atomic E-state index is 11.5. The molecule has 1 aliphatic carbocycles. The van der Waals surface area contributed by atoms with Gasteiger partial charge in [0, 0.05) is 5.57 Å². The Kier molecular flexibility index (Phi) is 3.54. The third-order valence-electron chi connectivity index (χ3n) is 3.20. The summed E-state index contributed by atoms with van der Waals surface area (Å²) in [6.07, 6.45) is 5.43. The molecule has 0 radical (unpaired) electrons. The number of ether oxygens (including phenoxy) is 1.